The zero-order valence-electron chi connectivity index (χ0n) is 20.7. The maximum Gasteiger partial charge on any atom is 0.223 e. The first-order valence-electron chi connectivity index (χ1n) is 12.4. The highest BCUT2D eigenvalue weighted by Crippen LogP contribution is 2.31. The van der Waals surface area contributed by atoms with E-state index in [1.807, 2.05) is 29.8 Å². The fraction of sp³-hybridized carbons (Fsp3) is 0.357. The summed E-state index contributed by atoms with van der Waals surface area (Å²) in [7, 11) is 0. The predicted octanol–water partition coefficient (Wildman–Crippen LogP) is 4.32. The molecule has 1 aliphatic rings. The molecule has 4 aromatic rings. The Bertz CT molecular complexity index is 1320. The summed E-state index contributed by atoms with van der Waals surface area (Å²) in [5.41, 5.74) is 6.31. The van der Waals surface area contributed by atoms with Crippen LogP contribution in [-0.4, -0.2) is 45.5 Å². The SMILES string of the molecule is Cc1ccc(-n2nc3c(N4CCC(C(=O)NCCc5ccccc5)CC4)nnc(C)c3c2C)cc1. The van der Waals surface area contributed by atoms with Gasteiger partial charge in [-0.3, -0.25) is 4.79 Å². The summed E-state index contributed by atoms with van der Waals surface area (Å²) in [6, 6.07) is 18.6. The lowest BCUT2D eigenvalue weighted by molar-refractivity contribution is -0.125. The number of amides is 1. The number of hydrogen-bond acceptors (Lipinski definition) is 5. The van der Waals surface area contributed by atoms with Crippen LogP contribution in [0.4, 0.5) is 5.82 Å². The van der Waals surface area contributed by atoms with Gasteiger partial charge in [0.05, 0.1) is 22.5 Å². The second-order valence-corrected chi connectivity index (χ2v) is 9.45. The van der Waals surface area contributed by atoms with Crippen LogP contribution >= 0.6 is 0 Å². The molecular formula is C28H32N6O. The quantitative estimate of drug-likeness (QED) is 0.456. The number of nitrogens with zero attached hydrogens (tertiary/aromatic N) is 5. The highest BCUT2D eigenvalue weighted by atomic mass is 16.1. The average molecular weight is 469 g/mol. The molecule has 0 aliphatic carbocycles. The molecule has 0 bridgehead atoms. The van der Waals surface area contributed by atoms with Crippen LogP contribution < -0.4 is 10.2 Å². The first-order chi connectivity index (χ1) is 17.0. The van der Waals surface area contributed by atoms with Gasteiger partial charge in [-0.05, 0) is 57.7 Å². The van der Waals surface area contributed by atoms with Crippen molar-refractivity contribution in [3.05, 3.63) is 77.1 Å². The number of rotatable bonds is 6. The summed E-state index contributed by atoms with van der Waals surface area (Å²) in [5, 5.41) is 18.1. The van der Waals surface area contributed by atoms with E-state index in [9.17, 15) is 4.79 Å². The summed E-state index contributed by atoms with van der Waals surface area (Å²) >= 11 is 0. The lowest BCUT2D eigenvalue weighted by Gasteiger charge is -2.32. The van der Waals surface area contributed by atoms with Gasteiger partial charge in [0.25, 0.3) is 0 Å². The molecule has 0 unspecified atom stereocenters. The van der Waals surface area contributed by atoms with Crippen LogP contribution in [0.1, 0.15) is 35.4 Å². The van der Waals surface area contributed by atoms with Crippen LogP contribution in [-0.2, 0) is 11.2 Å². The summed E-state index contributed by atoms with van der Waals surface area (Å²) in [6.45, 7) is 8.35. The number of carbonyl (C=O) groups is 1. The van der Waals surface area contributed by atoms with Crippen LogP contribution in [0, 0.1) is 26.7 Å². The Labute approximate surface area is 206 Å². The monoisotopic (exact) mass is 468 g/mol. The molecule has 0 radical (unpaired) electrons. The Hall–Kier alpha value is -3.74. The van der Waals surface area contributed by atoms with E-state index in [-0.39, 0.29) is 11.8 Å². The van der Waals surface area contributed by atoms with E-state index in [1.54, 1.807) is 0 Å². The van der Waals surface area contributed by atoms with Crippen LogP contribution in [0.2, 0.25) is 0 Å². The molecular weight excluding hydrogens is 436 g/mol. The van der Waals surface area contributed by atoms with Gasteiger partial charge in [-0.25, -0.2) is 4.68 Å². The van der Waals surface area contributed by atoms with Crippen molar-refractivity contribution in [1.82, 2.24) is 25.3 Å². The Morgan fingerprint density at radius 2 is 1.69 bits per heavy atom. The number of anilines is 1. The average Bonchev–Trinajstić information content (AvgIpc) is 3.23. The lowest BCUT2D eigenvalue weighted by Crippen LogP contribution is -2.41. The van der Waals surface area contributed by atoms with Crippen molar-refractivity contribution in [1.29, 1.82) is 0 Å². The largest absolute Gasteiger partial charge is 0.356 e. The van der Waals surface area contributed by atoms with Gasteiger partial charge in [0, 0.05) is 25.6 Å². The molecule has 2 aromatic heterocycles. The standard InChI is InChI=1S/C28H32N6O/c1-19-9-11-24(12-10-19)34-21(3)25-20(2)30-31-27(26(25)32-34)33-17-14-23(15-18-33)28(35)29-16-13-22-7-5-4-6-8-22/h4-12,23H,13-18H2,1-3H3,(H,29,35). The van der Waals surface area contributed by atoms with Gasteiger partial charge in [-0.15, -0.1) is 5.10 Å². The molecule has 1 amide bonds. The van der Waals surface area contributed by atoms with Gasteiger partial charge in [0.15, 0.2) is 5.82 Å². The molecule has 1 aliphatic heterocycles. The van der Waals surface area contributed by atoms with E-state index in [4.69, 9.17) is 5.10 Å². The van der Waals surface area contributed by atoms with Crippen molar-refractivity contribution in [2.24, 2.45) is 5.92 Å². The molecule has 1 N–H and O–H groups in total. The Morgan fingerprint density at radius 1 is 0.971 bits per heavy atom. The number of aryl methyl sites for hydroxylation is 3. The maximum absolute atomic E-state index is 12.7. The summed E-state index contributed by atoms with van der Waals surface area (Å²) in [4.78, 5) is 15.0. The van der Waals surface area contributed by atoms with Gasteiger partial charge in [0.2, 0.25) is 5.91 Å². The molecule has 2 aromatic carbocycles. The number of hydrogen-bond donors (Lipinski definition) is 1. The number of nitrogens with one attached hydrogen (secondary N) is 1. The summed E-state index contributed by atoms with van der Waals surface area (Å²) in [6.07, 6.45) is 2.45. The van der Waals surface area contributed by atoms with Crippen LogP contribution in [0.5, 0.6) is 0 Å². The van der Waals surface area contributed by atoms with Crippen molar-refractivity contribution in [3.63, 3.8) is 0 Å². The minimum Gasteiger partial charge on any atom is -0.356 e. The van der Waals surface area contributed by atoms with Crippen molar-refractivity contribution < 1.29 is 4.79 Å². The molecule has 5 rings (SSSR count). The molecule has 7 heteroatoms. The Balaban J connectivity index is 1.28. The number of carbonyl (C=O) groups excluding carboxylic acids is 1. The zero-order chi connectivity index (χ0) is 24.4. The molecule has 1 fully saturated rings. The van der Waals surface area contributed by atoms with Crippen LogP contribution in [0.25, 0.3) is 16.6 Å². The highest BCUT2D eigenvalue weighted by molar-refractivity contribution is 5.92. The van der Waals surface area contributed by atoms with Gasteiger partial charge in [-0.1, -0.05) is 48.0 Å². The molecule has 3 heterocycles. The molecule has 0 saturated carbocycles. The molecule has 1 saturated heterocycles. The minimum absolute atomic E-state index is 0.0303. The van der Waals surface area contributed by atoms with Gasteiger partial charge in [0.1, 0.15) is 5.52 Å². The molecule has 180 valence electrons. The second kappa shape index (κ2) is 9.86. The summed E-state index contributed by atoms with van der Waals surface area (Å²) in [5.74, 6) is 0.991. The minimum atomic E-state index is 0.0303. The molecule has 35 heavy (non-hydrogen) atoms. The third-order valence-corrected chi connectivity index (χ3v) is 6.98. The number of aromatic nitrogens is 4. The van der Waals surface area contributed by atoms with Crippen molar-refractivity contribution in [3.8, 4) is 5.69 Å². The van der Waals surface area contributed by atoms with E-state index in [0.29, 0.717) is 6.54 Å². The number of fused-ring (bicyclic) bond motifs is 1. The van der Waals surface area contributed by atoms with Crippen molar-refractivity contribution in [2.45, 2.75) is 40.0 Å². The first-order valence-corrected chi connectivity index (χ1v) is 12.4. The third-order valence-electron chi connectivity index (χ3n) is 6.98. The zero-order valence-corrected chi connectivity index (χ0v) is 20.7. The number of benzene rings is 2. The fourth-order valence-corrected chi connectivity index (χ4v) is 4.93. The first kappa shape index (κ1) is 23.0. The lowest BCUT2D eigenvalue weighted by atomic mass is 9.95. The molecule has 0 spiro atoms. The van der Waals surface area contributed by atoms with Gasteiger partial charge in [-0.2, -0.15) is 10.2 Å². The molecule has 7 nitrogen and oxygen atoms in total. The van der Waals surface area contributed by atoms with Gasteiger partial charge < -0.3 is 10.2 Å². The van der Waals surface area contributed by atoms with Crippen molar-refractivity contribution >= 4 is 22.6 Å². The highest BCUT2D eigenvalue weighted by Gasteiger charge is 2.28. The van der Waals surface area contributed by atoms with E-state index in [0.717, 1.165) is 66.1 Å². The fourth-order valence-electron chi connectivity index (χ4n) is 4.93. The molecule has 0 atom stereocenters. The second-order valence-electron chi connectivity index (χ2n) is 9.45. The predicted molar refractivity (Wildman–Crippen MR) is 139 cm³/mol. The van der Waals surface area contributed by atoms with Crippen molar-refractivity contribution in [2.75, 3.05) is 24.5 Å². The summed E-state index contributed by atoms with van der Waals surface area (Å²) < 4.78 is 1.98. The van der Waals surface area contributed by atoms with E-state index < -0.39 is 0 Å². The smallest absolute Gasteiger partial charge is 0.223 e. The normalized spacial score (nSPS) is 14.4. The number of piperidine rings is 1. The van der Waals surface area contributed by atoms with Crippen LogP contribution in [0.3, 0.4) is 0 Å². The van der Waals surface area contributed by atoms with E-state index >= 15 is 0 Å². The van der Waals surface area contributed by atoms with Crippen LogP contribution in [0.15, 0.2) is 54.6 Å². The Morgan fingerprint density at radius 3 is 2.40 bits per heavy atom. The third kappa shape index (κ3) is 4.76. The Kier molecular flexibility index (Phi) is 6.49. The van der Waals surface area contributed by atoms with E-state index in [1.165, 1.54) is 11.1 Å². The topological polar surface area (TPSA) is 75.9 Å². The van der Waals surface area contributed by atoms with Gasteiger partial charge >= 0.3 is 0 Å². The van der Waals surface area contributed by atoms with E-state index in [2.05, 4.69) is 70.7 Å². The maximum atomic E-state index is 12.7.